The zero-order valence-corrected chi connectivity index (χ0v) is 17.7. The Hall–Kier alpha value is -3.12. The molecule has 0 heterocycles. The molecule has 11 nitrogen and oxygen atoms in total. The molecule has 0 fully saturated rings. The lowest BCUT2D eigenvalue weighted by Gasteiger charge is -2.23. The first-order valence-electron chi connectivity index (χ1n) is 9.31. The predicted octanol–water partition coefficient (Wildman–Crippen LogP) is -1.48. The number of rotatable bonds is 12. The number of nitrogens with one attached hydrogen (secondary N) is 3. The van der Waals surface area contributed by atoms with Crippen LogP contribution in [0.2, 0.25) is 0 Å². The second-order valence-electron chi connectivity index (χ2n) is 6.78. The molecular formula is C19H26N4O7S. The summed E-state index contributed by atoms with van der Waals surface area (Å²) in [5.41, 5.74) is 6.08. The highest BCUT2D eigenvalue weighted by Crippen LogP contribution is 2.05. The second kappa shape index (κ2) is 12.5. The molecule has 4 atom stereocenters. The SMILES string of the molecule is CC(N)C(=O)NC(CS)C(=O)NC(CC(=O)O)C(=O)NC(Cc1ccccc1)C(=O)O. The van der Waals surface area contributed by atoms with Crippen molar-refractivity contribution in [1.29, 1.82) is 0 Å². The van der Waals surface area contributed by atoms with Crippen molar-refractivity contribution in [2.75, 3.05) is 5.75 Å². The lowest BCUT2D eigenvalue weighted by molar-refractivity contribution is -0.143. The van der Waals surface area contributed by atoms with E-state index >= 15 is 0 Å². The summed E-state index contributed by atoms with van der Waals surface area (Å²) in [5, 5.41) is 25.3. The van der Waals surface area contributed by atoms with Gasteiger partial charge in [-0.25, -0.2) is 4.79 Å². The van der Waals surface area contributed by atoms with E-state index in [0.717, 1.165) is 0 Å². The molecule has 0 aliphatic rings. The van der Waals surface area contributed by atoms with Gasteiger partial charge in [0.05, 0.1) is 12.5 Å². The molecule has 3 amide bonds. The van der Waals surface area contributed by atoms with Gasteiger partial charge in [0.15, 0.2) is 0 Å². The van der Waals surface area contributed by atoms with Gasteiger partial charge in [0.25, 0.3) is 0 Å². The molecule has 0 saturated heterocycles. The Balaban J connectivity index is 2.91. The van der Waals surface area contributed by atoms with Crippen LogP contribution in [0.3, 0.4) is 0 Å². The van der Waals surface area contributed by atoms with E-state index in [1.54, 1.807) is 30.3 Å². The van der Waals surface area contributed by atoms with E-state index in [1.165, 1.54) is 6.92 Å². The minimum absolute atomic E-state index is 0.0423. The number of carboxylic acids is 2. The van der Waals surface area contributed by atoms with Gasteiger partial charge < -0.3 is 31.9 Å². The zero-order chi connectivity index (χ0) is 23.6. The van der Waals surface area contributed by atoms with Crippen molar-refractivity contribution >= 4 is 42.3 Å². The number of nitrogens with two attached hydrogens (primary N) is 1. The number of hydrogen-bond acceptors (Lipinski definition) is 7. The Morgan fingerprint density at radius 1 is 0.903 bits per heavy atom. The third-order valence-corrected chi connectivity index (χ3v) is 4.50. The van der Waals surface area contributed by atoms with Gasteiger partial charge in [-0.1, -0.05) is 30.3 Å². The summed E-state index contributed by atoms with van der Waals surface area (Å²) in [5.74, 6) is -5.34. The number of benzene rings is 1. The minimum Gasteiger partial charge on any atom is -0.481 e. The molecule has 0 aliphatic heterocycles. The number of carbonyl (C=O) groups excluding carboxylic acids is 3. The average molecular weight is 455 g/mol. The topological polar surface area (TPSA) is 188 Å². The third-order valence-electron chi connectivity index (χ3n) is 4.14. The lowest BCUT2D eigenvalue weighted by Crippen LogP contribution is -2.58. The molecular weight excluding hydrogens is 428 g/mol. The van der Waals surface area contributed by atoms with Crippen molar-refractivity contribution in [3.63, 3.8) is 0 Å². The Kier molecular flexibility index (Phi) is 10.5. The highest BCUT2D eigenvalue weighted by molar-refractivity contribution is 7.80. The quantitative estimate of drug-likeness (QED) is 0.186. The fourth-order valence-corrected chi connectivity index (χ4v) is 2.73. The van der Waals surface area contributed by atoms with Gasteiger partial charge in [0.2, 0.25) is 17.7 Å². The number of carboxylic acid groups (broad SMARTS) is 2. The van der Waals surface area contributed by atoms with Crippen LogP contribution in [0.4, 0.5) is 0 Å². The summed E-state index contributed by atoms with van der Waals surface area (Å²) < 4.78 is 0. The van der Waals surface area contributed by atoms with Crippen LogP contribution in [-0.4, -0.2) is 69.8 Å². The molecule has 31 heavy (non-hydrogen) atoms. The van der Waals surface area contributed by atoms with Crippen molar-refractivity contribution < 1.29 is 34.2 Å². The highest BCUT2D eigenvalue weighted by atomic mass is 32.1. The lowest BCUT2D eigenvalue weighted by atomic mass is 10.0. The van der Waals surface area contributed by atoms with E-state index in [-0.39, 0.29) is 12.2 Å². The second-order valence-corrected chi connectivity index (χ2v) is 7.15. The Labute approximate surface area is 184 Å². The fraction of sp³-hybridized carbons (Fsp3) is 0.421. The van der Waals surface area contributed by atoms with Crippen LogP contribution in [0, 0.1) is 0 Å². The van der Waals surface area contributed by atoms with Gasteiger partial charge in [-0.2, -0.15) is 12.6 Å². The molecule has 0 radical (unpaired) electrons. The van der Waals surface area contributed by atoms with E-state index in [2.05, 4.69) is 28.6 Å². The summed E-state index contributed by atoms with van der Waals surface area (Å²) >= 11 is 3.97. The maximum Gasteiger partial charge on any atom is 0.326 e. The van der Waals surface area contributed by atoms with Crippen molar-refractivity contribution in [2.24, 2.45) is 5.73 Å². The standard InChI is InChI=1S/C19H26N4O7S/c1-10(20)16(26)23-14(9-31)18(28)21-12(8-15(24)25)17(27)22-13(19(29)30)7-11-5-3-2-4-6-11/h2-6,10,12-14,31H,7-9,20H2,1H3,(H,21,28)(H,22,27)(H,23,26)(H,24,25)(H,29,30). The first kappa shape index (κ1) is 25.9. The maximum atomic E-state index is 12.6. The van der Waals surface area contributed by atoms with Crippen LogP contribution in [0.5, 0.6) is 0 Å². The number of amides is 3. The summed E-state index contributed by atoms with van der Waals surface area (Å²) in [6.07, 6.45) is -0.838. The normalized spacial score (nSPS) is 14.4. The van der Waals surface area contributed by atoms with Crippen molar-refractivity contribution in [3.05, 3.63) is 35.9 Å². The van der Waals surface area contributed by atoms with Gasteiger partial charge in [-0.05, 0) is 12.5 Å². The van der Waals surface area contributed by atoms with Gasteiger partial charge in [-0.3, -0.25) is 19.2 Å². The van der Waals surface area contributed by atoms with E-state index in [4.69, 9.17) is 10.8 Å². The van der Waals surface area contributed by atoms with Gasteiger partial charge in [-0.15, -0.1) is 0 Å². The number of aliphatic carboxylic acids is 2. The number of hydrogen-bond donors (Lipinski definition) is 7. The van der Waals surface area contributed by atoms with Crippen LogP contribution in [0.25, 0.3) is 0 Å². The Bertz CT molecular complexity index is 804. The molecule has 7 N–H and O–H groups in total. The number of carbonyl (C=O) groups is 5. The van der Waals surface area contributed by atoms with Crippen LogP contribution in [0.15, 0.2) is 30.3 Å². The Morgan fingerprint density at radius 2 is 1.42 bits per heavy atom. The van der Waals surface area contributed by atoms with Crippen LogP contribution in [-0.2, 0) is 30.4 Å². The monoisotopic (exact) mass is 454 g/mol. The van der Waals surface area contributed by atoms with Gasteiger partial charge in [0, 0.05) is 12.2 Å². The van der Waals surface area contributed by atoms with Crippen molar-refractivity contribution in [3.8, 4) is 0 Å². The molecule has 0 bridgehead atoms. The Morgan fingerprint density at radius 3 is 1.90 bits per heavy atom. The molecule has 1 rings (SSSR count). The van der Waals surface area contributed by atoms with E-state index in [0.29, 0.717) is 5.56 Å². The molecule has 0 aromatic heterocycles. The third kappa shape index (κ3) is 9.05. The van der Waals surface area contributed by atoms with Crippen molar-refractivity contribution in [2.45, 2.75) is 43.9 Å². The minimum atomic E-state index is -1.57. The summed E-state index contributed by atoms with van der Waals surface area (Å²) in [6.45, 7) is 1.41. The summed E-state index contributed by atoms with van der Waals surface area (Å²) in [7, 11) is 0. The molecule has 4 unspecified atom stereocenters. The van der Waals surface area contributed by atoms with Crippen molar-refractivity contribution in [1.82, 2.24) is 16.0 Å². The fourth-order valence-electron chi connectivity index (χ4n) is 2.48. The maximum absolute atomic E-state index is 12.6. The van der Waals surface area contributed by atoms with Crippen LogP contribution < -0.4 is 21.7 Å². The molecule has 1 aromatic rings. The molecule has 12 heteroatoms. The molecule has 0 spiro atoms. The summed E-state index contributed by atoms with van der Waals surface area (Å²) in [6, 6.07) is 3.52. The molecule has 0 aliphatic carbocycles. The van der Waals surface area contributed by atoms with Gasteiger partial charge >= 0.3 is 11.9 Å². The van der Waals surface area contributed by atoms with Crippen LogP contribution in [0.1, 0.15) is 18.9 Å². The molecule has 170 valence electrons. The van der Waals surface area contributed by atoms with E-state index < -0.39 is 60.2 Å². The summed E-state index contributed by atoms with van der Waals surface area (Å²) in [4.78, 5) is 59.5. The van der Waals surface area contributed by atoms with E-state index in [9.17, 15) is 29.1 Å². The average Bonchev–Trinajstić information content (AvgIpc) is 2.70. The van der Waals surface area contributed by atoms with Crippen LogP contribution >= 0.6 is 12.6 Å². The molecule has 1 aromatic carbocycles. The first-order valence-corrected chi connectivity index (χ1v) is 9.94. The first-order chi connectivity index (χ1) is 14.5. The number of thiol groups is 1. The molecule has 0 saturated carbocycles. The smallest absolute Gasteiger partial charge is 0.326 e. The zero-order valence-electron chi connectivity index (χ0n) is 16.8. The van der Waals surface area contributed by atoms with Gasteiger partial charge in [0.1, 0.15) is 18.1 Å². The predicted molar refractivity (Wildman–Crippen MR) is 113 cm³/mol. The largest absolute Gasteiger partial charge is 0.481 e. The van der Waals surface area contributed by atoms with E-state index in [1.807, 2.05) is 0 Å². The highest BCUT2D eigenvalue weighted by Gasteiger charge is 2.31.